The predicted octanol–water partition coefficient (Wildman–Crippen LogP) is 4.69. The molecular weight excluding hydrogens is 382 g/mol. The number of pyridine rings is 3. The van der Waals surface area contributed by atoms with E-state index < -0.39 is 0 Å². The minimum atomic E-state index is 0.662. The smallest absolute Gasteiger partial charge is 0.161 e. The van der Waals surface area contributed by atoms with Gasteiger partial charge >= 0.3 is 0 Å². The standard InChI is InChI=1S/C21H13N7S/c1-5-22-6-2-12(1)14-9-16-18(27-28-19(16)24-10-14)21-25-17-15(13-4-8-29-11-13)3-7-23-20(17)26-21/h1-11H,(H,23,25,26)(H,24,27,28). The molecule has 7 nitrogen and oxygen atoms in total. The number of rotatable bonds is 3. The van der Waals surface area contributed by atoms with Gasteiger partial charge in [-0.15, -0.1) is 0 Å². The van der Waals surface area contributed by atoms with Gasteiger partial charge in [0.25, 0.3) is 0 Å². The molecule has 6 heterocycles. The SMILES string of the molecule is c1cc(-c2cnc3[nH]nc(-c4nc5c(-c6ccsc6)ccnc5[nH]4)c3c2)ccn1. The van der Waals surface area contributed by atoms with Crippen molar-refractivity contribution in [1.29, 1.82) is 0 Å². The molecule has 6 aromatic rings. The van der Waals surface area contributed by atoms with Crippen molar-refractivity contribution in [2.75, 3.05) is 0 Å². The van der Waals surface area contributed by atoms with Gasteiger partial charge < -0.3 is 4.98 Å². The molecule has 0 saturated carbocycles. The van der Waals surface area contributed by atoms with Crippen LogP contribution in [-0.4, -0.2) is 35.1 Å². The summed E-state index contributed by atoms with van der Waals surface area (Å²) in [4.78, 5) is 21.2. The first-order valence-electron chi connectivity index (χ1n) is 8.99. The number of imidazole rings is 1. The van der Waals surface area contributed by atoms with Crippen LogP contribution in [0.1, 0.15) is 0 Å². The van der Waals surface area contributed by atoms with Gasteiger partial charge in [0.15, 0.2) is 17.1 Å². The molecule has 6 rings (SSSR count). The van der Waals surface area contributed by atoms with E-state index in [2.05, 4.69) is 53.0 Å². The fourth-order valence-electron chi connectivity index (χ4n) is 3.46. The molecule has 0 amide bonds. The van der Waals surface area contributed by atoms with Crippen molar-refractivity contribution in [3.8, 4) is 33.8 Å². The fraction of sp³-hybridized carbons (Fsp3) is 0. The first-order chi connectivity index (χ1) is 14.4. The predicted molar refractivity (Wildman–Crippen MR) is 113 cm³/mol. The van der Waals surface area contributed by atoms with Gasteiger partial charge in [0.2, 0.25) is 0 Å². The van der Waals surface area contributed by atoms with Crippen LogP contribution in [0.2, 0.25) is 0 Å². The third-order valence-corrected chi connectivity index (χ3v) is 5.55. The van der Waals surface area contributed by atoms with Crippen molar-refractivity contribution < 1.29 is 0 Å². The maximum absolute atomic E-state index is 4.83. The van der Waals surface area contributed by atoms with Crippen LogP contribution >= 0.6 is 11.3 Å². The van der Waals surface area contributed by atoms with E-state index in [0.717, 1.165) is 44.5 Å². The number of aromatic nitrogens is 7. The summed E-state index contributed by atoms with van der Waals surface area (Å²) in [5.41, 5.74) is 7.22. The van der Waals surface area contributed by atoms with E-state index in [-0.39, 0.29) is 0 Å². The second-order valence-corrected chi connectivity index (χ2v) is 7.36. The molecule has 6 aromatic heterocycles. The van der Waals surface area contributed by atoms with Crippen molar-refractivity contribution in [1.82, 2.24) is 35.1 Å². The normalized spacial score (nSPS) is 11.4. The lowest BCUT2D eigenvalue weighted by molar-refractivity contribution is 1.09. The highest BCUT2D eigenvalue weighted by atomic mass is 32.1. The molecule has 0 radical (unpaired) electrons. The molecule has 0 fully saturated rings. The molecule has 0 unspecified atom stereocenters. The Hall–Kier alpha value is -3.91. The van der Waals surface area contributed by atoms with E-state index >= 15 is 0 Å². The van der Waals surface area contributed by atoms with E-state index in [0.29, 0.717) is 11.5 Å². The maximum atomic E-state index is 4.83. The highest BCUT2D eigenvalue weighted by Crippen LogP contribution is 2.32. The molecule has 0 aliphatic rings. The van der Waals surface area contributed by atoms with Gasteiger partial charge in [-0.05, 0) is 52.2 Å². The molecule has 0 aromatic carbocycles. The van der Waals surface area contributed by atoms with Gasteiger partial charge in [-0.2, -0.15) is 16.4 Å². The maximum Gasteiger partial charge on any atom is 0.161 e. The quantitative estimate of drug-likeness (QED) is 0.453. The lowest BCUT2D eigenvalue weighted by Gasteiger charge is -2.00. The molecule has 0 bridgehead atoms. The minimum absolute atomic E-state index is 0.662. The summed E-state index contributed by atoms with van der Waals surface area (Å²) in [6, 6.07) is 10.1. The molecule has 2 N–H and O–H groups in total. The summed E-state index contributed by atoms with van der Waals surface area (Å²) in [5, 5.41) is 12.5. The third kappa shape index (κ3) is 2.61. The fourth-order valence-corrected chi connectivity index (χ4v) is 4.12. The zero-order valence-corrected chi connectivity index (χ0v) is 15.8. The van der Waals surface area contributed by atoms with E-state index in [1.54, 1.807) is 29.9 Å². The number of nitrogens with zero attached hydrogens (tertiary/aromatic N) is 5. The van der Waals surface area contributed by atoms with Crippen molar-refractivity contribution in [2.45, 2.75) is 0 Å². The van der Waals surface area contributed by atoms with Gasteiger partial charge in [0.05, 0.1) is 5.39 Å². The molecule has 0 aliphatic carbocycles. The summed E-state index contributed by atoms with van der Waals surface area (Å²) in [6.45, 7) is 0. The highest BCUT2D eigenvalue weighted by Gasteiger charge is 2.17. The zero-order valence-electron chi connectivity index (χ0n) is 15.0. The largest absolute Gasteiger partial charge is 0.321 e. The van der Waals surface area contributed by atoms with Crippen molar-refractivity contribution in [3.63, 3.8) is 0 Å². The number of hydrogen-bond acceptors (Lipinski definition) is 6. The Labute approximate surface area is 168 Å². The summed E-state index contributed by atoms with van der Waals surface area (Å²) < 4.78 is 0. The number of aromatic amines is 2. The summed E-state index contributed by atoms with van der Waals surface area (Å²) >= 11 is 1.66. The van der Waals surface area contributed by atoms with E-state index in [9.17, 15) is 0 Å². The average molecular weight is 395 g/mol. The molecule has 8 heteroatoms. The Morgan fingerprint density at radius 3 is 2.66 bits per heavy atom. The second kappa shape index (κ2) is 6.32. The summed E-state index contributed by atoms with van der Waals surface area (Å²) in [6.07, 6.45) is 7.16. The van der Waals surface area contributed by atoms with Crippen molar-refractivity contribution in [3.05, 3.63) is 65.9 Å². The van der Waals surface area contributed by atoms with Crippen LogP contribution < -0.4 is 0 Å². The zero-order chi connectivity index (χ0) is 19.2. The molecular formula is C21H13N7S. The Morgan fingerprint density at radius 1 is 0.862 bits per heavy atom. The Morgan fingerprint density at radius 2 is 1.79 bits per heavy atom. The molecule has 0 aliphatic heterocycles. The Kier molecular flexibility index (Phi) is 3.50. The van der Waals surface area contributed by atoms with Crippen molar-refractivity contribution in [2.24, 2.45) is 0 Å². The first-order valence-corrected chi connectivity index (χ1v) is 9.93. The average Bonchev–Trinajstić information content (AvgIpc) is 3.52. The molecule has 29 heavy (non-hydrogen) atoms. The highest BCUT2D eigenvalue weighted by molar-refractivity contribution is 7.08. The monoisotopic (exact) mass is 395 g/mol. The van der Waals surface area contributed by atoms with Crippen LogP contribution in [0.4, 0.5) is 0 Å². The lowest BCUT2D eigenvalue weighted by atomic mass is 10.1. The van der Waals surface area contributed by atoms with E-state index in [1.807, 2.05) is 24.4 Å². The van der Waals surface area contributed by atoms with Gasteiger partial charge in [0.1, 0.15) is 11.2 Å². The van der Waals surface area contributed by atoms with Crippen LogP contribution in [0.5, 0.6) is 0 Å². The van der Waals surface area contributed by atoms with Gasteiger partial charge in [-0.25, -0.2) is 15.0 Å². The molecule has 0 saturated heterocycles. The van der Waals surface area contributed by atoms with E-state index in [4.69, 9.17) is 4.98 Å². The first kappa shape index (κ1) is 16.1. The minimum Gasteiger partial charge on any atom is -0.321 e. The molecule has 0 atom stereocenters. The second-order valence-electron chi connectivity index (χ2n) is 6.58. The number of hydrogen-bond donors (Lipinski definition) is 2. The lowest BCUT2D eigenvalue weighted by Crippen LogP contribution is -1.84. The van der Waals surface area contributed by atoms with Crippen LogP contribution in [0.25, 0.3) is 56.0 Å². The Balaban J connectivity index is 1.53. The summed E-state index contributed by atoms with van der Waals surface area (Å²) in [5.74, 6) is 0.662. The number of nitrogens with one attached hydrogen (secondary N) is 2. The number of fused-ring (bicyclic) bond motifs is 2. The van der Waals surface area contributed by atoms with Gasteiger partial charge in [0, 0.05) is 35.9 Å². The summed E-state index contributed by atoms with van der Waals surface area (Å²) in [7, 11) is 0. The number of H-pyrrole nitrogens is 2. The van der Waals surface area contributed by atoms with Crippen LogP contribution in [0.15, 0.2) is 65.9 Å². The van der Waals surface area contributed by atoms with Gasteiger partial charge in [-0.1, -0.05) is 0 Å². The third-order valence-electron chi connectivity index (χ3n) is 4.87. The Bertz CT molecular complexity index is 1450. The topological polar surface area (TPSA) is 96.0 Å². The molecule has 138 valence electrons. The van der Waals surface area contributed by atoms with Crippen LogP contribution in [0, 0.1) is 0 Å². The van der Waals surface area contributed by atoms with Crippen LogP contribution in [-0.2, 0) is 0 Å². The molecule has 0 spiro atoms. The number of thiophene rings is 1. The van der Waals surface area contributed by atoms with Crippen molar-refractivity contribution >= 4 is 33.5 Å². The van der Waals surface area contributed by atoms with E-state index in [1.165, 1.54) is 0 Å². The van der Waals surface area contributed by atoms with Gasteiger partial charge in [-0.3, -0.25) is 10.1 Å². The van der Waals surface area contributed by atoms with Crippen LogP contribution in [0.3, 0.4) is 0 Å².